The minimum absolute atomic E-state index is 0.0318. The van der Waals surface area contributed by atoms with Gasteiger partial charge in [-0.1, -0.05) is 15.9 Å². The Labute approximate surface area is 87.2 Å². The van der Waals surface area contributed by atoms with Crippen molar-refractivity contribution in [2.24, 2.45) is 0 Å². The summed E-state index contributed by atoms with van der Waals surface area (Å²) in [5.41, 5.74) is 0. The first-order valence-corrected chi connectivity index (χ1v) is 5.37. The number of alkyl halides is 1. The molecule has 0 saturated carbocycles. The van der Waals surface area contributed by atoms with E-state index in [1.807, 2.05) is 13.8 Å². The average molecular weight is 250 g/mol. The first kappa shape index (κ1) is 11.0. The Morgan fingerprint density at radius 2 is 2.31 bits per heavy atom. The fourth-order valence-corrected chi connectivity index (χ4v) is 1.86. The Hall–Kier alpha value is -0.0900. The topological polar surface area (TPSA) is 40.5 Å². The minimum atomic E-state index is -0.509. The molecular weight excluding hydrogens is 234 g/mol. The smallest absolute Gasteiger partial charge is 0.239 e. The summed E-state index contributed by atoms with van der Waals surface area (Å²) in [7, 11) is 0. The number of likely N-dealkylation sites (tertiary alicyclic amines) is 1. The molecule has 0 aromatic heterocycles. The number of hydrogen-bond acceptors (Lipinski definition) is 2. The number of carbonyl (C=O) groups is 1. The van der Waals surface area contributed by atoms with E-state index in [1.54, 1.807) is 4.90 Å². The minimum Gasteiger partial charge on any atom is -0.394 e. The van der Waals surface area contributed by atoms with Crippen LogP contribution in [0.25, 0.3) is 0 Å². The zero-order valence-electron chi connectivity index (χ0n) is 8.09. The van der Waals surface area contributed by atoms with Gasteiger partial charge < -0.3 is 10.0 Å². The van der Waals surface area contributed by atoms with Crippen molar-refractivity contribution in [3.8, 4) is 0 Å². The summed E-state index contributed by atoms with van der Waals surface area (Å²) in [6.07, 6.45) is 1.92. The van der Waals surface area contributed by atoms with Gasteiger partial charge in [0.25, 0.3) is 0 Å². The molecule has 0 aliphatic carbocycles. The average Bonchev–Trinajstić information content (AvgIpc) is 2.48. The second kappa shape index (κ2) is 3.96. The van der Waals surface area contributed by atoms with Crippen LogP contribution in [0.15, 0.2) is 0 Å². The van der Waals surface area contributed by atoms with Gasteiger partial charge in [-0.2, -0.15) is 0 Å². The first-order chi connectivity index (χ1) is 5.96. The molecule has 0 radical (unpaired) electrons. The van der Waals surface area contributed by atoms with Crippen LogP contribution in [0.1, 0.15) is 26.7 Å². The third-order valence-electron chi connectivity index (χ3n) is 2.36. The molecule has 0 spiro atoms. The van der Waals surface area contributed by atoms with Gasteiger partial charge in [0.05, 0.1) is 17.0 Å². The molecule has 1 atom stereocenters. The number of carbonyl (C=O) groups excluding carboxylic acids is 1. The van der Waals surface area contributed by atoms with Crippen molar-refractivity contribution in [2.45, 2.75) is 37.1 Å². The molecule has 1 aliphatic rings. The lowest BCUT2D eigenvalue weighted by molar-refractivity contribution is -0.134. The van der Waals surface area contributed by atoms with E-state index in [1.165, 1.54) is 0 Å². The van der Waals surface area contributed by atoms with Crippen LogP contribution in [0.5, 0.6) is 0 Å². The molecule has 0 aromatic rings. The first-order valence-electron chi connectivity index (χ1n) is 4.57. The van der Waals surface area contributed by atoms with Crippen LogP contribution in [0.2, 0.25) is 0 Å². The monoisotopic (exact) mass is 249 g/mol. The quantitative estimate of drug-likeness (QED) is 0.747. The van der Waals surface area contributed by atoms with Crippen molar-refractivity contribution >= 4 is 21.8 Å². The molecule has 1 heterocycles. The Balaban J connectivity index is 2.66. The highest BCUT2D eigenvalue weighted by molar-refractivity contribution is 9.10. The molecular formula is C9H16BrNO2. The van der Waals surface area contributed by atoms with Gasteiger partial charge in [-0.3, -0.25) is 4.79 Å². The van der Waals surface area contributed by atoms with Crippen LogP contribution >= 0.6 is 15.9 Å². The molecule has 76 valence electrons. The lowest BCUT2D eigenvalue weighted by Crippen LogP contribution is -2.45. The molecule has 1 amide bonds. The highest BCUT2D eigenvalue weighted by Gasteiger charge is 2.35. The van der Waals surface area contributed by atoms with Crippen molar-refractivity contribution in [1.29, 1.82) is 0 Å². The van der Waals surface area contributed by atoms with Gasteiger partial charge in [-0.25, -0.2) is 0 Å². The maximum atomic E-state index is 11.8. The lowest BCUT2D eigenvalue weighted by atomic mass is 10.1. The molecule has 13 heavy (non-hydrogen) atoms. The molecule has 1 aliphatic heterocycles. The summed E-state index contributed by atoms with van der Waals surface area (Å²) in [6.45, 7) is 4.53. The standard InChI is InChI=1S/C9H16BrNO2/c1-9(2,10)8(13)11-5-3-4-7(11)6-12/h7,12H,3-6H2,1-2H3/t7-/m1/s1. The molecule has 0 bridgehead atoms. The summed E-state index contributed by atoms with van der Waals surface area (Å²) in [6, 6.07) is 0.0318. The van der Waals surface area contributed by atoms with E-state index in [4.69, 9.17) is 5.11 Å². The van der Waals surface area contributed by atoms with Crippen LogP contribution in [-0.2, 0) is 4.79 Å². The van der Waals surface area contributed by atoms with Crippen molar-refractivity contribution in [2.75, 3.05) is 13.2 Å². The molecule has 0 unspecified atom stereocenters. The van der Waals surface area contributed by atoms with Crippen molar-refractivity contribution in [3.63, 3.8) is 0 Å². The fraction of sp³-hybridized carbons (Fsp3) is 0.889. The van der Waals surface area contributed by atoms with E-state index in [-0.39, 0.29) is 18.6 Å². The van der Waals surface area contributed by atoms with Gasteiger partial charge in [-0.15, -0.1) is 0 Å². The molecule has 1 N–H and O–H groups in total. The third kappa shape index (κ3) is 2.44. The van der Waals surface area contributed by atoms with Crippen LogP contribution in [0.3, 0.4) is 0 Å². The maximum absolute atomic E-state index is 11.8. The fourth-order valence-electron chi connectivity index (χ4n) is 1.63. The van der Waals surface area contributed by atoms with Crippen molar-refractivity contribution < 1.29 is 9.90 Å². The zero-order valence-corrected chi connectivity index (χ0v) is 9.67. The zero-order chi connectivity index (χ0) is 10.1. The summed E-state index contributed by atoms with van der Waals surface area (Å²) in [5.74, 6) is 0.0732. The van der Waals surface area contributed by atoms with Crippen LogP contribution in [-0.4, -0.2) is 39.4 Å². The predicted molar refractivity (Wildman–Crippen MR) is 54.8 cm³/mol. The Bertz CT molecular complexity index is 200. The largest absolute Gasteiger partial charge is 0.394 e. The van der Waals surface area contributed by atoms with Crippen LogP contribution in [0, 0.1) is 0 Å². The molecule has 0 aromatic carbocycles. The number of halogens is 1. The molecule has 4 heteroatoms. The van der Waals surface area contributed by atoms with E-state index in [0.717, 1.165) is 19.4 Å². The highest BCUT2D eigenvalue weighted by Crippen LogP contribution is 2.25. The second-order valence-electron chi connectivity index (χ2n) is 3.95. The Morgan fingerprint density at radius 3 is 2.77 bits per heavy atom. The summed E-state index contributed by atoms with van der Waals surface area (Å²) in [5, 5.41) is 9.04. The summed E-state index contributed by atoms with van der Waals surface area (Å²) in [4.78, 5) is 13.6. The SMILES string of the molecule is CC(C)(Br)C(=O)N1CCC[C@@H]1CO. The van der Waals surface area contributed by atoms with Gasteiger partial charge in [-0.05, 0) is 26.7 Å². The number of hydrogen-bond donors (Lipinski definition) is 1. The van der Waals surface area contributed by atoms with Crippen LogP contribution in [0.4, 0.5) is 0 Å². The number of nitrogens with zero attached hydrogens (tertiary/aromatic N) is 1. The van der Waals surface area contributed by atoms with E-state index in [9.17, 15) is 4.79 Å². The van der Waals surface area contributed by atoms with Gasteiger partial charge in [0.2, 0.25) is 5.91 Å². The number of amides is 1. The van der Waals surface area contributed by atoms with Gasteiger partial charge >= 0.3 is 0 Å². The van der Waals surface area contributed by atoms with Gasteiger partial charge in [0.1, 0.15) is 0 Å². The van der Waals surface area contributed by atoms with E-state index < -0.39 is 4.32 Å². The Morgan fingerprint density at radius 1 is 1.69 bits per heavy atom. The predicted octanol–water partition coefficient (Wildman–Crippen LogP) is 1.14. The number of aliphatic hydroxyl groups excluding tert-OH is 1. The van der Waals surface area contributed by atoms with E-state index in [0.29, 0.717) is 0 Å². The van der Waals surface area contributed by atoms with Crippen molar-refractivity contribution in [1.82, 2.24) is 4.90 Å². The van der Waals surface area contributed by atoms with E-state index >= 15 is 0 Å². The Kier molecular flexibility index (Phi) is 3.35. The molecule has 1 rings (SSSR count). The summed E-state index contributed by atoms with van der Waals surface area (Å²) >= 11 is 3.34. The lowest BCUT2D eigenvalue weighted by Gasteiger charge is -2.28. The van der Waals surface area contributed by atoms with E-state index in [2.05, 4.69) is 15.9 Å². The van der Waals surface area contributed by atoms with Crippen LogP contribution < -0.4 is 0 Å². The van der Waals surface area contributed by atoms with Gasteiger partial charge in [0.15, 0.2) is 0 Å². The molecule has 1 fully saturated rings. The molecule has 3 nitrogen and oxygen atoms in total. The normalized spacial score (nSPS) is 23.7. The number of rotatable bonds is 2. The highest BCUT2D eigenvalue weighted by atomic mass is 79.9. The summed E-state index contributed by atoms with van der Waals surface area (Å²) < 4.78 is -0.509. The number of aliphatic hydroxyl groups is 1. The second-order valence-corrected chi connectivity index (χ2v) is 5.93. The third-order valence-corrected chi connectivity index (χ3v) is 2.70. The maximum Gasteiger partial charge on any atom is 0.239 e. The van der Waals surface area contributed by atoms with Gasteiger partial charge in [0, 0.05) is 6.54 Å². The molecule has 1 saturated heterocycles. The van der Waals surface area contributed by atoms with Crippen molar-refractivity contribution in [3.05, 3.63) is 0 Å².